The molecule has 1 aromatic heterocycles. The third-order valence-corrected chi connectivity index (χ3v) is 9.48. The third-order valence-electron chi connectivity index (χ3n) is 8.01. The van der Waals surface area contributed by atoms with Crippen molar-refractivity contribution in [3.8, 4) is 0 Å². The Labute approximate surface area is 256 Å². The number of hydrogen-bond acceptors (Lipinski definition) is 7. The number of hydrogen-bond donors (Lipinski definition) is 2. The smallest absolute Gasteiger partial charge is 0.311 e. The van der Waals surface area contributed by atoms with Gasteiger partial charge in [-0.2, -0.15) is 0 Å². The Morgan fingerprint density at radius 1 is 1.07 bits per heavy atom. The van der Waals surface area contributed by atoms with Gasteiger partial charge in [0.1, 0.15) is 6.04 Å². The van der Waals surface area contributed by atoms with E-state index in [0.29, 0.717) is 42.2 Å². The predicted molar refractivity (Wildman–Crippen MR) is 163 cm³/mol. The van der Waals surface area contributed by atoms with Gasteiger partial charge in [0.25, 0.3) is 0 Å². The predicted octanol–water partition coefficient (Wildman–Crippen LogP) is 4.31. The molecule has 2 amide bonds. The van der Waals surface area contributed by atoms with Gasteiger partial charge in [0.2, 0.25) is 11.8 Å². The number of nitrogens with two attached hydrogens (primary N) is 1. The van der Waals surface area contributed by atoms with E-state index in [1.165, 1.54) is 6.42 Å². The average Bonchev–Trinajstić information content (AvgIpc) is 3.35. The number of halogens is 2. The van der Waals surface area contributed by atoms with E-state index < -0.39 is 6.04 Å². The standard InChI is InChI=1S/C30H40Cl2N4O4S/c31-23-9-8-21(25(32)18-23)17-26(34-28(37)10-11-33)30(39)36-14-12-35(13-15-36)27-7-3-1-2-5-22(27)20-40-29(38)19-24-6-4-16-41-24/h4,6,8-9,16,18,22,26-27H,1-3,5,7,10-15,17,19-20,33H2,(H,34,37)/t22?,26-,27?/m1/s1. The van der Waals surface area contributed by atoms with Crippen molar-refractivity contribution in [3.05, 3.63) is 56.2 Å². The number of amides is 2. The van der Waals surface area contributed by atoms with Crippen LogP contribution in [0.15, 0.2) is 35.7 Å². The number of benzene rings is 1. The molecule has 0 bridgehead atoms. The average molecular weight is 624 g/mol. The van der Waals surface area contributed by atoms with Crippen LogP contribution in [0.3, 0.4) is 0 Å². The van der Waals surface area contributed by atoms with E-state index in [2.05, 4.69) is 10.2 Å². The van der Waals surface area contributed by atoms with Gasteiger partial charge in [-0.3, -0.25) is 19.3 Å². The van der Waals surface area contributed by atoms with Crippen molar-refractivity contribution in [2.24, 2.45) is 11.7 Å². The largest absolute Gasteiger partial charge is 0.465 e. The number of carbonyl (C=O) groups excluding carboxylic acids is 3. The molecule has 2 unspecified atom stereocenters. The molecule has 1 saturated carbocycles. The van der Waals surface area contributed by atoms with Gasteiger partial charge in [-0.1, -0.05) is 54.6 Å². The number of carbonyl (C=O) groups is 3. The van der Waals surface area contributed by atoms with Crippen LogP contribution in [0.25, 0.3) is 0 Å². The maximum absolute atomic E-state index is 13.7. The van der Waals surface area contributed by atoms with Crippen molar-refractivity contribution < 1.29 is 19.1 Å². The topological polar surface area (TPSA) is 105 Å². The van der Waals surface area contributed by atoms with E-state index in [0.717, 1.165) is 49.2 Å². The second kappa shape index (κ2) is 15.9. The highest BCUT2D eigenvalue weighted by Gasteiger charge is 2.35. The van der Waals surface area contributed by atoms with Crippen LogP contribution in [0.2, 0.25) is 10.0 Å². The molecule has 1 saturated heterocycles. The van der Waals surface area contributed by atoms with E-state index in [1.54, 1.807) is 29.5 Å². The van der Waals surface area contributed by atoms with Crippen LogP contribution in [-0.4, -0.2) is 79.0 Å². The summed E-state index contributed by atoms with van der Waals surface area (Å²) in [5.41, 5.74) is 6.32. The highest BCUT2D eigenvalue weighted by Crippen LogP contribution is 2.29. The number of ether oxygens (including phenoxy) is 1. The summed E-state index contributed by atoms with van der Waals surface area (Å²) < 4.78 is 5.76. The molecule has 8 nitrogen and oxygen atoms in total. The van der Waals surface area contributed by atoms with Gasteiger partial charge in [0, 0.05) is 72.4 Å². The van der Waals surface area contributed by atoms with Gasteiger partial charge >= 0.3 is 5.97 Å². The minimum atomic E-state index is -0.743. The Morgan fingerprint density at radius 3 is 2.56 bits per heavy atom. The molecule has 4 rings (SSSR count). The van der Waals surface area contributed by atoms with Crippen molar-refractivity contribution >= 4 is 52.3 Å². The van der Waals surface area contributed by atoms with Crippen LogP contribution in [0.4, 0.5) is 0 Å². The molecule has 2 heterocycles. The van der Waals surface area contributed by atoms with Crippen LogP contribution in [-0.2, 0) is 32.0 Å². The molecule has 0 spiro atoms. The number of piperazine rings is 1. The summed E-state index contributed by atoms with van der Waals surface area (Å²) in [6.07, 6.45) is 6.31. The van der Waals surface area contributed by atoms with Crippen molar-refractivity contribution in [1.82, 2.24) is 15.1 Å². The van der Waals surface area contributed by atoms with E-state index in [1.807, 2.05) is 22.4 Å². The quantitative estimate of drug-likeness (QED) is 0.286. The zero-order valence-electron chi connectivity index (χ0n) is 23.4. The number of nitrogens with zero attached hydrogens (tertiary/aromatic N) is 2. The Balaban J connectivity index is 1.36. The monoisotopic (exact) mass is 622 g/mol. The highest BCUT2D eigenvalue weighted by atomic mass is 35.5. The molecule has 3 atom stereocenters. The molecule has 41 heavy (non-hydrogen) atoms. The SMILES string of the molecule is NCCC(=O)N[C@H](Cc1ccc(Cl)cc1Cl)C(=O)N1CCN(C2CCCCCC2COC(=O)Cc2cccs2)CC1. The zero-order valence-corrected chi connectivity index (χ0v) is 25.7. The Morgan fingerprint density at radius 2 is 1.85 bits per heavy atom. The molecular formula is C30H40Cl2N4O4S. The Kier molecular flexibility index (Phi) is 12.3. The molecule has 11 heteroatoms. The first-order valence-electron chi connectivity index (χ1n) is 14.5. The molecule has 2 fully saturated rings. The molecule has 1 aromatic carbocycles. The van der Waals surface area contributed by atoms with E-state index in [4.69, 9.17) is 33.7 Å². The van der Waals surface area contributed by atoms with Gasteiger partial charge < -0.3 is 20.7 Å². The van der Waals surface area contributed by atoms with Crippen LogP contribution in [0, 0.1) is 5.92 Å². The van der Waals surface area contributed by atoms with Crippen LogP contribution in [0.5, 0.6) is 0 Å². The number of esters is 1. The van der Waals surface area contributed by atoms with Crippen molar-refractivity contribution in [3.63, 3.8) is 0 Å². The summed E-state index contributed by atoms with van der Waals surface area (Å²) in [7, 11) is 0. The normalized spacial score (nSPS) is 20.7. The minimum Gasteiger partial charge on any atom is -0.465 e. The van der Waals surface area contributed by atoms with Gasteiger partial charge in [0.15, 0.2) is 0 Å². The summed E-state index contributed by atoms with van der Waals surface area (Å²) in [5.74, 6) is -0.276. The van der Waals surface area contributed by atoms with Gasteiger partial charge in [-0.05, 0) is 42.0 Å². The van der Waals surface area contributed by atoms with E-state index in [9.17, 15) is 14.4 Å². The number of thiophene rings is 1. The first-order valence-corrected chi connectivity index (χ1v) is 16.1. The van der Waals surface area contributed by atoms with Crippen LogP contribution >= 0.6 is 34.5 Å². The second-order valence-electron chi connectivity index (χ2n) is 10.9. The maximum Gasteiger partial charge on any atom is 0.311 e. The summed E-state index contributed by atoms with van der Waals surface area (Å²) in [6, 6.07) is 8.64. The zero-order chi connectivity index (χ0) is 29.2. The lowest BCUT2D eigenvalue weighted by atomic mass is 9.93. The maximum atomic E-state index is 13.7. The summed E-state index contributed by atoms with van der Waals surface area (Å²) >= 11 is 14.0. The summed E-state index contributed by atoms with van der Waals surface area (Å²) in [5, 5.41) is 5.82. The lowest BCUT2D eigenvalue weighted by Crippen LogP contribution is -2.58. The van der Waals surface area contributed by atoms with Crippen LogP contribution in [0.1, 0.15) is 49.0 Å². The Bertz CT molecular complexity index is 1160. The molecule has 2 aromatic rings. The summed E-state index contributed by atoms with van der Waals surface area (Å²) in [6.45, 7) is 3.25. The van der Waals surface area contributed by atoms with Gasteiger partial charge in [-0.25, -0.2) is 0 Å². The van der Waals surface area contributed by atoms with Crippen molar-refractivity contribution in [1.29, 1.82) is 0 Å². The van der Waals surface area contributed by atoms with Crippen molar-refractivity contribution in [2.45, 2.75) is 63.5 Å². The fourth-order valence-electron chi connectivity index (χ4n) is 5.85. The minimum absolute atomic E-state index is 0.124. The molecule has 2 aliphatic rings. The van der Waals surface area contributed by atoms with E-state index >= 15 is 0 Å². The molecule has 0 radical (unpaired) electrons. The fraction of sp³-hybridized carbons (Fsp3) is 0.567. The number of rotatable bonds is 11. The Hall–Kier alpha value is -2.17. The number of nitrogens with one attached hydrogen (secondary N) is 1. The molecule has 3 N–H and O–H groups in total. The van der Waals surface area contributed by atoms with Crippen molar-refractivity contribution in [2.75, 3.05) is 39.3 Å². The van der Waals surface area contributed by atoms with Crippen LogP contribution < -0.4 is 11.1 Å². The van der Waals surface area contributed by atoms with Gasteiger partial charge in [0.05, 0.1) is 13.0 Å². The molecule has 1 aliphatic heterocycles. The first kappa shape index (κ1) is 31.8. The first-order chi connectivity index (χ1) is 19.8. The third kappa shape index (κ3) is 9.41. The van der Waals surface area contributed by atoms with Gasteiger partial charge in [-0.15, -0.1) is 11.3 Å². The highest BCUT2D eigenvalue weighted by molar-refractivity contribution is 7.10. The van der Waals surface area contributed by atoms with E-state index in [-0.39, 0.29) is 43.1 Å². The lowest BCUT2D eigenvalue weighted by Gasteiger charge is -2.42. The second-order valence-corrected chi connectivity index (χ2v) is 12.7. The molecule has 224 valence electrons. The molecule has 1 aliphatic carbocycles. The fourth-order valence-corrected chi connectivity index (χ4v) is 7.02. The molecular weight excluding hydrogens is 583 g/mol. The summed E-state index contributed by atoms with van der Waals surface area (Å²) in [4.78, 5) is 43.9. The lowest BCUT2D eigenvalue weighted by molar-refractivity contribution is -0.145.